The molecule has 7 rings (SSSR count). The van der Waals surface area contributed by atoms with Gasteiger partial charge in [0.05, 0.1) is 41.6 Å². The van der Waals surface area contributed by atoms with E-state index in [9.17, 15) is 9.59 Å². The predicted molar refractivity (Wildman–Crippen MR) is 139 cm³/mol. The van der Waals surface area contributed by atoms with E-state index in [1.807, 2.05) is 41.0 Å². The fraction of sp³-hybridized carbons (Fsp3) is 0.429. The number of hydrogen-bond donors (Lipinski definition) is 2. The molecular weight excluding hydrogens is 468 g/mol. The molecule has 37 heavy (non-hydrogen) atoms. The molecule has 1 aliphatic heterocycles. The molecule has 0 bridgehead atoms. The van der Waals surface area contributed by atoms with Crippen LogP contribution in [0.1, 0.15) is 53.2 Å². The smallest absolute Gasteiger partial charge is 0.272 e. The van der Waals surface area contributed by atoms with E-state index in [0.29, 0.717) is 16.9 Å². The molecule has 1 aromatic carbocycles. The Balaban J connectivity index is 0.970. The standard InChI is InChI=1S/C28H30N6O3/c35-26(23-15-29-34-17-18(5-6-24(23)34)16-33-7-9-37-10-8-33)30-20-13-28(14-20)11-19(12-28)25-21-3-1-2-4-22(21)27(36)32-31-25/h1-6,15,17,19-20H,7-14,16H2,(H,30,35)(H,32,36)/t19-,20-,28?. The number of nitrogens with one attached hydrogen (secondary N) is 2. The Kier molecular flexibility index (Phi) is 5.37. The highest BCUT2D eigenvalue weighted by Crippen LogP contribution is 2.62. The van der Waals surface area contributed by atoms with Crippen LogP contribution in [0.3, 0.4) is 0 Å². The van der Waals surface area contributed by atoms with Gasteiger partial charge in [-0.25, -0.2) is 9.61 Å². The summed E-state index contributed by atoms with van der Waals surface area (Å²) >= 11 is 0. The molecule has 0 unspecified atom stereocenters. The molecule has 4 heterocycles. The number of amides is 1. The topological polar surface area (TPSA) is 105 Å². The third-order valence-corrected chi connectivity index (χ3v) is 8.50. The molecule has 2 saturated carbocycles. The minimum atomic E-state index is -0.138. The predicted octanol–water partition coefficient (Wildman–Crippen LogP) is 2.86. The zero-order valence-corrected chi connectivity index (χ0v) is 20.7. The van der Waals surface area contributed by atoms with Crippen molar-refractivity contribution in [1.29, 1.82) is 0 Å². The quantitative estimate of drug-likeness (QED) is 0.439. The number of morpholine rings is 1. The Hall–Kier alpha value is -3.56. The first-order valence-corrected chi connectivity index (χ1v) is 13.1. The molecule has 3 fully saturated rings. The normalized spacial score (nSPS) is 25.7. The van der Waals surface area contributed by atoms with Crippen LogP contribution in [0.25, 0.3) is 16.3 Å². The van der Waals surface area contributed by atoms with Crippen LogP contribution in [0.15, 0.2) is 53.6 Å². The van der Waals surface area contributed by atoms with Crippen LogP contribution in [0.4, 0.5) is 0 Å². The number of aromatic nitrogens is 4. The molecule has 2 N–H and O–H groups in total. The minimum Gasteiger partial charge on any atom is -0.379 e. The van der Waals surface area contributed by atoms with Gasteiger partial charge in [-0.1, -0.05) is 24.3 Å². The third-order valence-electron chi connectivity index (χ3n) is 8.50. The molecule has 1 saturated heterocycles. The van der Waals surface area contributed by atoms with Crippen LogP contribution in [0.2, 0.25) is 0 Å². The molecule has 190 valence electrons. The van der Waals surface area contributed by atoms with Gasteiger partial charge in [0, 0.05) is 43.2 Å². The van der Waals surface area contributed by atoms with Crippen LogP contribution in [-0.2, 0) is 11.3 Å². The molecule has 2 aliphatic carbocycles. The van der Waals surface area contributed by atoms with E-state index in [2.05, 4.69) is 31.6 Å². The Bertz CT molecular complexity index is 1540. The number of nitrogens with zero attached hydrogens (tertiary/aromatic N) is 4. The lowest BCUT2D eigenvalue weighted by molar-refractivity contribution is -0.0196. The lowest BCUT2D eigenvalue weighted by Gasteiger charge is -2.57. The van der Waals surface area contributed by atoms with E-state index in [1.54, 1.807) is 6.20 Å². The Morgan fingerprint density at radius 1 is 1.08 bits per heavy atom. The zero-order valence-electron chi connectivity index (χ0n) is 20.7. The lowest BCUT2D eigenvalue weighted by atomic mass is 9.49. The summed E-state index contributed by atoms with van der Waals surface area (Å²) in [6.07, 6.45) is 7.75. The summed E-state index contributed by atoms with van der Waals surface area (Å²) in [4.78, 5) is 27.6. The Morgan fingerprint density at radius 2 is 1.86 bits per heavy atom. The van der Waals surface area contributed by atoms with Gasteiger partial charge in [0.25, 0.3) is 11.5 Å². The fourth-order valence-electron chi connectivity index (χ4n) is 6.62. The number of benzene rings is 1. The molecule has 3 aliphatic rings. The first-order chi connectivity index (χ1) is 18.1. The highest BCUT2D eigenvalue weighted by molar-refractivity contribution is 6.00. The molecule has 1 amide bonds. The van der Waals surface area contributed by atoms with Crippen LogP contribution >= 0.6 is 0 Å². The summed E-state index contributed by atoms with van der Waals surface area (Å²) in [6.45, 7) is 4.28. The number of H-pyrrole nitrogens is 1. The average Bonchev–Trinajstić information content (AvgIpc) is 3.30. The van der Waals surface area contributed by atoms with Crippen molar-refractivity contribution in [3.63, 3.8) is 0 Å². The van der Waals surface area contributed by atoms with Gasteiger partial charge >= 0.3 is 0 Å². The van der Waals surface area contributed by atoms with E-state index in [0.717, 1.165) is 75.1 Å². The van der Waals surface area contributed by atoms with Gasteiger partial charge in [-0.2, -0.15) is 10.2 Å². The maximum absolute atomic E-state index is 13.1. The highest BCUT2D eigenvalue weighted by atomic mass is 16.5. The second-order valence-corrected chi connectivity index (χ2v) is 11.0. The van der Waals surface area contributed by atoms with Crippen LogP contribution in [-0.4, -0.2) is 63.0 Å². The number of rotatable bonds is 5. The highest BCUT2D eigenvalue weighted by Gasteiger charge is 2.54. The molecule has 9 nitrogen and oxygen atoms in total. The van der Waals surface area contributed by atoms with E-state index in [-0.39, 0.29) is 22.9 Å². The largest absolute Gasteiger partial charge is 0.379 e. The van der Waals surface area contributed by atoms with E-state index in [1.165, 1.54) is 5.56 Å². The number of pyridine rings is 1. The maximum atomic E-state index is 13.1. The second kappa shape index (κ2) is 8.78. The van der Waals surface area contributed by atoms with E-state index in [4.69, 9.17) is 4.74 Å². The van der Waals surface area contributed by atoms with Crippen molar-refractivity contribution in [3.8, 4) is 0 Å². The van der Waals surface area contributed by atoms with Crippen molar-refractivity contribution in [2.45, 2.75) is 44.2 Å². The van der Waals surface area contributed by atoms with Gasteiger partial charge in [-0.15, -0.1) is 0 Å². The van der Waals surface area contributed by atoms with Gasteiger partial charge in [-0.3, -0.25) is 14.5 Å². The van der Waals surface area contributed by atoms with Gasteiger partial charge in [0.15, 0.2) is 0 Å². The molecule has 0 atom stereocenters. The van der Waals surface area contributed by atoms with Gasteiger partial charge in [0.2, 0.25) is 0 Å². The molecule has 1 spiro atoms. The summed E-state index contributed by atoms with van der Waals surface area (Å²) in [5.74, 6) is 0.296. The average molecular weight is 499 g/mol. The van der Waals surface area contributed by atoms with Gasteiger partial charge in [0.1, 0.15) is 0 Å². The molecule has 3 aromatic heterocycles. The zero-order chi connectivity index (χ0) is 25.0. The number of hydrogen-bond acceptors (Lipinski definition) is 6. The van der Waals surface area contributed by atoms with Crippen molar-refractivity contribution in [2.75, 3.05) is 26.3 Å². The van der Waals surface area contributed by atoms with Gasteiger partial charge in [-0.05, 0) is 48.8 Å². The van der Waals surface area contributed by atoms with Crippen molar-refractivity contribution >= 4 is 22.2 Å². The summed E-state index contributed by atoms with van der Waals surface area (Å²) in [5, 5.41) is 16.4. The molecule has 9 heteroatoms. The number of carbonyl (C=O) groups is 1. The summed E-state index contributed by atoms with van der Waals surface area (Å²) in [5.41, 5.74) is 3.76. The maximum Gasteiger partial charge on any atom is 0.272 e. The van der Waals surface area contributed by atoms with Crippen molar-refractivity contribution in [3.05, 3.63) is 76.0 Å². The van der Waals surface area contributed by atoms with Gasteiger partial charge < -0.3 is 10.1 Å². The monoisotopic (exact) mass is 498 g/mol. The number of ether oxygens (including phenoxy) is 1. The van der Waals surface area contributed by atoms with Crippen molar-refractivity contribution in [2.24, 2.45) is 5.41 Å². The van der Waals surface area contributed by atoms with Crippen molar-refractivity contribution < 1.29 is 9.53 Å². The Labute approximate surface area is 213 Å². The lowest BCUT2D eigenvalue weighted by Crippen LogP contribution is -2.55. The fourth-order valence-corrected chi connectivity index (χ4v) is 6.62. The summed E-state index contributed by atoms with van der Waals surface area (Å²) in [7, 11) is 0. The number of carbonyl (C=O) groups excluding carboxylic acids is 1. The SMILES string of the molecule is O=C(N[C@H]1CC2(C1)C[C@H](c1n[nH]c(=O)c3ccccc31)C2)c1cnn2cc(CN3CCOCC3)ccc12. The van der Waals surface area contributed by atoms with Crippen molar-refractivity contribution in [1.82, 2.24) is 30.0 Å². The first-order valence-electron chi connectivity index (χ1n) is 13.1. The van der Waals surface area contributed by atoms with Crippen LogP contribution in [0.5, 0.6) is 0 Å². The minimum absolute atomic E-state index is 0.0556. The van der Waals surface area contributed by atoms with E-state index < -0.39 is 0 Å². The van der Waals surface area contributed by atoms with E-state index >= 15 is 0 Å². The number of aromatic amines is 1. The van der Waals surface area contributed by atoms with Crippen LogP contribution in [0, 0.1) is 5.41 Å². The Morgan fingerprint density at radius 3 is 2.68 bits per heavy atom. The second-order valence-electron chi connectivity index (χ2n) is 11.0. The third kappa shape index (κ3) is 4.02. The number of fused-ring (bicyclic) bond motifs is 2. The van der Waals surface area contributed by atoms with Crippen LogP contribution < -0.4 is 10.9 Å². The summed E-state index contributed by atoms with van der Waals surface area (Å²) < 4.78 is 7.24. The molecule has 0 radical (unpaired) electrons. The molecule has 4 aromatic rings. The summed E-state index contributed by atoms with van der Waals surface area (Å²) in [6, 6.07) is 12.0. The first kappa shape index (κ1) is 22.6. The molecular formula is C28H30N6O3.